The second-order valence-electron chi connectivity index (χ2n) is 3.49. The highest BCUT2D eigenvalue weighted by Crippen LogP contribution is 2.16. The van der Waals surface area contributed by atoms with Gasteiger partial charge in [0.1, 0.15) is 0 Å². The lowest BCUT2D eigenvalue weighted by molar-refractivity contribution is -0.143. The first-order chi connectivity index (χ1) is 5.85. The van der Waals surface area contributed by atoms with Crippen LogP contribution in [0.5, 0.6) is 0 Å². The van der Waals surface area contributed by atoms with Crippen molar-refractivity contribution in [3.63, 3.8) is 0 Å². The van der Waals surface area contributed by atoms with Gasteiger partial charge in [0, 0.05) is 6.54 Å². The molecule has 0 rings (SSSR count). The fraction of sp³-hybridized carbons (Fsp3) is 1.00. The molecule has 0 radical (unpaired) electrons. The van der Waals surface area contributed by atoms with Crippen LogP contribution in [-0.2, 0) is 0 Å². The highest BCUT2D eigenvalue weighted by molar-refractivity contribution is 4.63. The molecule has 0 saturated heterocycles. The largest absolute Gasteiger partial charge is 0.401 e. The van der Waals surface area contributed by atoms with E-state index in [1.807, 2.05) is 6.92 Å². The van der Waals surface area contributed by atoms with Crippen LogP contribution in [0.4, 0.5) is 13.2 Å². The van der Waals surface area contributed by atoms with Gasteiger partial charge in [0.05, 0.1) is 6.54 Å². The van der Waals surface area contributed by atoms with Crippen molar-refractivity contribution in [3.8, 4) is 0 Å². The second kappa shape index (κ2) is 5.44. The molecule has 0 bridgehead atoms. The van der Waals surface area contributed by atoms with Gasteiger partial charge in [-0.1, -0.05) is 6.92 Å². The molecule has 0 spiro atoms. The molecular weight excluding hydrogens is 181 g/mol. The van der Waals surface area contributed by atoms with Gasteiger partial charge < -0.3 is 5.73 Å². The molecule has 0 aromatic rings. The predicted octanol–water partition coefficient (Wildman–Crippen LogP) is 1.47. The standard InChI is InChI=1S/C8H17F3N2/c1-7(3-4-12)5-13(2)6-8(9,10)11/h7H,3-6,12H2,1-2H3. The van der Waals surface area contributed by atoms with Crippen molar-refractivity contribution >= 4 is 0 Å². The van der Waals surface area contributed by atoms with Gasteiger partial charge in [-0.15, -0.1) is 0 Å². The Morgan fingerprint density at radius 3 is 2.31 bits per heavy atom. The zero-order valence-corrected chi connectivity index (χ0v) is 8.06. The minimum Gasteiger partial charge on any atom is -0.330 e. The second-order valence-corrected chi connectivity index (χ2v) is 3.49. The van der Waals surface area contributed by atoms with Crippen molar-refractivity contribution in [3.05, 3.63) is 0 Å². The summed E-state index contributed by atoms with van der Waals surface area (Å²) < 4.78 is 35.6. The Labute approximate surface area is 76.9 Å². The zero-order valence-electron chi connectivity index (χ0n) is 8.06. The first-order valence-corrected chi connectivity index (χ1v) is 4.30. The zero-order chi connectivity index (χ0) is 10.5. The van der Waals surface area contributed by atoms with Gasteiger partial charge >= 0.3 is 6.18 Å². The lowest BCUT2D eigenvalue weighted by atomic mass is 10.1. The molecule has 0 saturated carbocycles. The smallest absolute Gasteiger partial charge is 0.330 e. The molecule has 0 heterocycles. The average Bonchev–Trinajstić information content (AvgIpc) is 1.81. The summed E-state index contributed by atoms with van der Waals surface area (Å²) in [6.07, 6.45) is -3.33. The summed E-state index contributed by atoms with van der Waals surface area (Å²) in [6, 6.07) is 0. The Balaban J connectivity index is 3.67. The van der Waals surface area contributed by atoms with E-state index in [4.69, 9.17) is 5.73 Å². The molecule has 13 heavy (non-hydrogen) atoms. The van der Waals surface area contributed by atoms with Crippen molar-refractivity contribution in [1.29, 1.82) is 0 Å². The van der Waals surface area contributed by atoms with E-state index in [0.717, 1.165) is 6.42 Å². The van der Waals surface area contributed by atoms with Gasteiger partial charge in [-0.05, 0) is 25.9 Å². The topological polar surface area (TPSA) is 29.3 Å². The molecule has 2 nitrogen and oxygen atoms in total. The fourth-order valence-corrected chi connectivity index (χ4v) is 1.28. The third kappa shape index (κ3) is 8.05. The molecule has 0 aromatic heterocycles. The van der Waals surface area contributed by atoms with Crippen molar-refractivity contribution in [2.24, 2.45) is 11.7 Å². The summed E-state index contributed by atoms with van der Waals surface area (Å²) in [5, 5.41) is 0. The van der Waals surface area contributed by atoms with Crippen molar-refractivity contribution in [2.45, 2.75) is 19.5 Å². The molecule has 0 fully saturated rings. The van der Waals surface area contributed by atoms with Gasteiger partial charge in [-0.2, -0.15) is 13.2 Å². The summed E-state index contributed by atoms with van der Waals surface area (Å²) in [6.45, 7) is 2.03. The molecule has 80 valence electrons. The Hall–Kier alpha value is -0.290. The molecule has 0 aliphatic carbocycles. The van der Waals surface area contributed by atoms with E-state index in [9.17, 15) is 13.2 Å². The van der Waals surface area contributed by atoms with Gasteiger partial charge in [0.25, 0.3) is 0 Å². The minimum atomic E-state index is -4.10. The fourth-order valence-electron chi connectivity index (χ4n) is 1.28. The monoisotopic (exact) mass is 198 g/mol. The van der Waals surface area contributed by atoms with Crippen LogP contribution in [0.3, 0.4) is 0 Å². The van der Waals surface area contributed by atoms with Gasteiger partial charge in [-0.3, -0.25) is 4.90 Å². The number of rotatable bonds is 5. The highest BCUT2D eigenvalue weighted by atomic mass is 19.4. The summed E-state index contributed by atoms with van der Waals surface area (Å²) in [4.78, 5) is 1.28. The van der Waals surface area contributed by atoms with Crippen molar-refractivity contribution < 1.29 is 13.2 Å². The van der Waals surface area contributed by atoms with E-state index in [0.29, 0.717) is 13.1 Å². The Morgan fingerprint density at radius 1 is 1.38 bits per heavy atom. The van der Waals surface area contributed by atoms with Crippen LogP contribution in [0.2, 0.25) is 0 Å². The number of hydrogen-bond acceptors (Lipinski definition) is 2. The lowest BCUT2D eigenvalue weighted by Gasteiger charge is -2.21. The van der Waals surface area contributed by atoms with Crippen LogP contribution in [-0.4, -0.2) is 37.8 Å². The third-order valence-electron chi connectivity index (χ3n) is 1.73. The summed E-state index contributed by atoms with van der Waals surface area (Å²) >= 11 is 0. The molecule has 0 aliphatic rings. The van der Waals surface area contributed by atoms with Crippen LogP contribution in [0.1, 0.15) is 13.3 Å². The molecule has 1 unspecified atom stereocenters. The maximum atomic E-state index is 11.9. The van der Waals surface area contributed by atoms with E-state index >= 15 is 0 Å². The van der Waals surface area contributed by atoms with Crippen LogP contribution in [0.25, 0.3) is 0 Å². The lowest BCUT2D eigenvalue weighted by Crippen LogP contribution is -2.34. The molecule has 1 atom stereocenters. The first-order valence-electron chi connectivity index (χ1n) is 4.30. The maximum Gasteiger partial charge on any atom is 0.401 e. The van der Waals surface area contributed by atoms with E-state index in [1.54, 1.807) is 0 Å². The summed E-state index contributed by atoms with van der Waals surface area (Å²) in [5.41, 5.74) is 5.29. The van der Waals surface area contributed by atoms with Gasteiger partial charge in [0.2, 0.25) is 0 Å². The number of hydrogen-bond donors (Lipinski definition) is 1. The van der Waals surface area contributed by atoms with E-state index in [2.05, 4.69) is 0 Å². The van der Waals surface area contributed by atoms with E-state index in [1.165, 1.54) is 11.9 Å². The summed E-state index contributed by atoms with van der Waals surface area (Å²) in [7, 11) is 1.47. The van der Waals surface area contributed by atoms with E-state index < -0.39 is 12.7 Å². The Bertz CT molecular complexity index is 136. The van der Waals surface area contributed by atoms with Crippen LogP contribution in [0, 0.1) is 5.92 Å². The normalized spacial score (nSPS) is 15.0. The molecule has 0 aliphatic heterocycles. The Kier molecular flexibility index (Phi) is 5.32. The molecule has 0 amide bonds. The third-order valence-corrected chi connectivity index (χ3v) is 1.73. The van der Waals surface area contributed by atoms with E-state index in [-0.39, 0.29) is 5.92 Å². The summed E-state index contributed by atoms with van der Waals surface area (Å²) in [5.74, 6) is 0.220. The average molecular weight is 198 g/mol. The van der Waals surface area contributed by atoms with Crippen LogP contribution >= 0.6 is 0 Å². The number of alkyl halides is 3. The predicted molar refractivity (Wildman–Crippen MR) is 46.4 cm³/mol. The molecular formula is C8H17F3N2. The van der Waals surface area contributed by atoms with Gasteiger partial charge in [0.15, 0.2) is 0 Å². The SMILES string of the molecule is CC(CCN)CN(C)CC(F)(F)F. The Morgan fingerprint density at radius 2 is 1.92 bits per heavy atom. The number of halogens is 3. The number of nitrogens with zero attached hydrogens (tertiary/aromatic N) is 1. The molecule has 5 heteroatoms. The van der Waals surface area contributed by atoms with Crippen molar-refractivity contribution in [2.75, 3.05) is 26.7 Å². The minimum absolute atomic E-state index is 0.220. The quantitative estimate of drug-likeness (QED) is 0.724. The van der Waals surface area contributed by atoms with Crippen molar-refractivity contribution in [1.82, 2.24) is 4.90 Å². The molecule has 2 N–H and O–H groups in total. The molecule has 0 aromatic carbocycles. The number of nitrogens with two attached hydrogens (primary N) is 1. The maximum absolute atomic E-state index is 11.9. The first kappa shape index (κ1) is 12.7. The highest BCUT2D eigenvalue weighted by Gasteiger charge is 2.29. The van der Waals surface area contributed by atoms with Crippen LogP contribution in [0.15, 0.2) is 0 Å². The van der Waals surface area contributed by atoms with Crippen LogP contribution < -0.4 is 5.73 Å². The van der Waals surface area contributed by atoms with Gasteiger partial charge in [-0.25, -0.2) is 0 Å².